The van der Waals surface area contributed by atoms with Crippen molar-refractivity contribution in [3.05, 3.63) is 35.4 Å². The van der Waals surface area contributed by atoms with E-state index in [0.29, 0.717) is 18.7 Å². The van der Waals surface area contributed by atoms with E-state index in [1.54, 1.807) is 24.3 Å². The molecule has 2 rings (SSSR count). The van der Waals surface area contributed by atoms with Crippen molar-refractivity contribution in [3.63, 3.8) is 0 Å². The van der Waals surface area contributed by atoms with Gasteiger partial charge in [-0.15, -0.1) is 0 Å². The van der Waals surface area contributed by atoms with Gasteiger partial charge in [0.2, 0.25) is 5.91 Å². The van der Waals surface area contributed by atoms with E-state index >= 15 is 0 Å². The molecule has 0 bridgehead atoms. The number of hydrogen-bond acceptors (Lipinski definition) is 4. The SMILES string of the molecule is CC1CN(S(=O)(=O)NCc2ccc(C(N)=O)cc2)CC(C)O1. The highest BCUT2D eigenvalue weighted by Crippen LogP contribution is 2.14. The Bertz CT molecular complexity index is 620. The summed E-state index contributed by atoms with van der Waals surface area (Å²) in [6.45, 7) is 4.52. The molecule has 0 radical (unpaired) electrons. The fourth-order valence-corrected chi connectivity index (χ4v) is 3.72. The molecule has 1 saturated heterocycles. The molecule has 0 aliphatic carbocycles. The van der Waals surface area contributed by atoms with Gasteiger partial charge in [0.1, 0.15) is 0 Å². The number of carbonyl (C=O) groups is 1. The Labute approximate surface area is 130 Å². The fraction of sp³-hybridized carbons (Fsp3) is 0.500. The van der Waals surface area contributed by atoms with E-state index in [9.17, 15) is 13.2 Å². The lowest BCUT2D eigenvalue weighted by molar-refractivity contribution is -0.0444. The lowest BCUT2D eigenvalue weighted by atomic mass is 10.1. The molecular formula is C14H21N3O4S. The minimum atomic E-state index is -3.56. The average Bonchev–Trinajstić information content (AvgIpc) is 2.44. The van der Waals surface area contributed by atoms with Crippen LogP contribution in [0.4, 0.5) is 0 Å². The van der Waals surface area contributed by atoms with Crippen molar-refractivity contribution in [2.24, 2.45) is 5.73 Å². The molecule has 2 atom stereocenters. The van der Waals surface area contributed by atoms with E-state index in [-0.39, 0.29) is 18.8 Å². The first kappa shape index (κ1) is 16.9. The van der Waals surface area contributed by atoms with Crippen LogP contribution in [0.15, 0.2) is 24.3 Å². The molecule has 7 nitrogen and oxygen atoms in total. The molecule has 1 heterocycles. The minimum absolute atomic E-state index is 0.129. The number of hydrogen-bond donors (Lipinski definition) is 2. The molecule has 3 N–H and O–H groups in total. The Kier molecular flexibility index (Phi) is 5.17. The molecule has 0 saturated carbocycles. The molecule has 1 aliphatic heterocycles. The van der Waals surface area contributed by atoms with Crippen LogP contribution in [0, 0.1) is 0 Å². The number of benzene rings is 1. The smallest absolute Gasteiger partial charge is 0.279 e. The van der Waals surface area contributed by atoms with E-state index in [1.165, 1.54) is 4.31 Å². The van der Waals surface area contributed by atoms with Crippen LogP contribution in [0.2, 0.25) is 0 Å². The maximum Gasteiger partial charge on any atom is 0.279 e. The van der Waals surface area contributed by atoms with E-state index in [2.05, 4.69) is 4.72 Å². The topological polar surface area (TPSA) is 102 Å². The number of nitrogens with one attached hydrogen (secondary N) is 1. The van der Waals surface area contributed by atoms with Gasteiger partial charge in [-0.3, -0.25) is 4.79 Å². The van der Waals surface area contributed by atoms with Gasteiger partial charge in [-0.2, -0.15) is 17.4 Å². The molecule has 0 aromatic heterocycles. The van der Waals surface area contributed by atoms with Crippen molar-refractivity contribution in [1.82, 2.24) is 9.03 Å². The Morgan fingerprint density at radius 1 is 1.27 bits per heavy atom. The number of rotatable bonds is 5. The summed E-state index contributed by atoms with van der Waals surface area (Å²) in [5.74, 6) is -0.511. The highest BCUT2D eigenvalue weighted by molar-refractivity contribution is 7.87. The molecule has 0 spiro atoms. The number of amides is 1. The largest absolute Gasteiger partial charge is 0.373 e. The summed E-state index contributed by atoms with van der Waals surface area (Å²) >= 11 is 0. The highest BCUT2D eigenvalue weighted by atomic mass is 32.2. The van der Waals surface area contributed by atoms with Crippen molar-refractivity contribution in [2.45, 2.75) is 32.6 Å². The van der Waals surface area contributed by atoms with Gasteiger partial charge in [0.05, 0.1) is 12.2 Å². The summed E-state index contributed by atoms with van der Waals surface area (Å²) in [6.07, 6.45) is -0.259. The van der Waals surface area contributed by atoms with E-state index in [1.807, 2.05) is 13.8 Å². The maximum absolute atomic E-state index is 12.3. The molecule has 1 amide bonds. The number of nitrogens with two attached hydrogens (primary N) is 1. The number of primary amides is 1. The molecule has 2 unspecified atom stereocenters. The summed E-state index contributed by atoms with van der Waals surface area (Å²) in [6, 6.07) is 6.50. The van der Waals surface area contributed by atoms with Gasteiger partial charge in [0, 0.05) is 25.2 Å². The second-order valence-corrected chi connectivity index (χ2v) is 7.22. The molecule has 22 heavy (non-hydrogen) atoms. The first-order chi connectivity index (χ1) is 10.3. The molecule has 1 fully saturated rings. The number of carbonyl (C=O) groups excluding carboxylic acids is 1. The van der Waals surface area contributed by atoms with Crippen LogP contribution in [-0.2, 0) is 21.5 Å². The van der Waals surface area contributed by atoms with Gasteiger partial charge in [-0.25, -0.2) is 0 Å². The summed E-state index contributed by atoms with van der Waals surface area (Å²) < 4.78 is 34.1. The van der Waals surface area contributed by atoms with Crippen LogP contribution in [0.1, 0.15) is 29.8 Å². The Hall–Kier alpha value is -1.48. The zero-order chi connectivity index (χ0) is 16.3. The first-order valence-corrected chi connectivity index (χ1v) is 8.51. The van der Waals surface area contributed by atoms with Crippen LogP contribution in [0.5, 0.6) is 0 Å². The third kappa shape index (κ3) is 4.26. The van der Waals surface area contributed by atoms with Crippen molar-refractivity contribution in [3.8, 4) is 0 Å². The molecule has 1 aliphatic rings. The number of nitrogens with zero attached hydrogens (tertiary/aromatic N) is 1. The Morgan fingerprint density at radius 2 is 1.82 bits per heavy atom. The third-order valence-corrected chi connectivity index (χ3v) is 4.91. The summed E-state index contributed by atoms with van der Waals surface area (Å²) in [4.78, 5) is 11.0. The van der Waals surface area contributed by atoms with Gasteiger partial charge in [0.15, 0.2) is 0 Å². The molecule has 8 heteroatoms. The molecular weight excluding hydrogens is 306 g/mol. The van der Waals surface area contributed by atoms with Crippen molar-refractivity contribution >= 4 is 16.1 Å². The second kappa shape index (κ2) is 6.74. The predicted octanol–water partition coefficient (Wildman–Crippen LogP) is 0.229. The monoisotopic (exact) mass is 327 g/mol. The predicted molar refractivity (Wildman–Crippen MR) is 82.3 cm³/mol. The van der Waals surface area contributed by atoms with E-state index < -0.39 is 16.1 Å². The van der Waals surface area contributed by atoms with Crippen LogP contribution < -0.4 is 10.5 Å². The lowest BCUT2D eigenvalue weighted by Crippen LogP contribution is -2.51. The highest BCUT2D eigenvalue weighted by Gasteiger charge is 2.30. The van der Waals surface area contributed by atoms with Crippen LogP contribution in [0.25, 0.3) is 0 Å². The zero-order valence-corrected chi connectivity index (χ0v) is 13.5. The van der Waals surface area contributed by atoms with Crippen molar-refractivity contribution < 1.29 is 17.9 Å². The Balaban J connectivity index is 1.98. The lowest BCUT2D eigenvalue weighted by Gasteiger charge is -2.34. The van der Waals surface area contributed by atoms with E-state index in [4.69, 9.17) is 10.5 Å². The van der Waals surface area contributed by atoms with Crippen molar-refractivity contribution in [1.29, 1.82) is 0 Å². The van der Waals surface area contributed by atoms with Gasteiger partial charge in [-0.1, -0.05) is 12.1 Å². The second-order valence-electron chi connectivity index (χ2n) is 5.46. The minimum Gasteiger partial charge on any atom is -0.373 e. The number of morpholine rings is 1. The van der Waals surface area contributed by atoms with E-state index in [0.717, 1.165) is 5.56 Å². The van der Waals surface area contributed by atoms with Crippen molar-refractivity contribution in [2.75, 3.05) is 13.1 Å². The summed E-state index contributed by atoms with van der Waals surface area (Å²) in [5, 5.41) is 0. The fourth-order valence-electron chi connectivity index (χ4n) is 2.38. The number of ether oxygens (including phenoxy) is 1. The quantitative estimate of drug-likeness (QED) is 0.808. The van der Waals surface area contributed by atoms with Gasteiger partial charge < -0.3 is 10.5 Å². The normalized spacial score (nSPS) is 23.4. The summed E-state index contributed by atoms with van der Waals surface area (Å²) in [7, 11) is -3.56. The standard InChI is InChI=1S/C14H21N3O4S/c1-10-8-17(9-11(2)21-10)22(19,20)16-7-12-3-5-13(6-4-12)14(15)18/h3-6,10-11,16H,7-9H2,1-2H3,(H2,15,18). The average molecular weight is 327 g/mol. The first-order valence-electron chi connectivity index (χ1n) is 7.07. The molecule has 122 valence electrons. The molecule has 1 aromatic carbocycles. The maximum atomic E-state index is 12.3. The van der Waals surface area contributed by atoms with Gasteiger partial charge in [0.25, 0.3) is 10.2 Å². The van der Waals surface area contributed by atoms with Gasteiger partial charge in [-0.05, 0) is 31.5 Å². The Morgan fingerprint density at radius 3 is 2.32 bits per heavy atom. The van der Waals surface area contributed by atoms with Crippen LogP contribution in [0.3, 0.4) is 0 Å². The van der Waals surface area contributed by atoms with Crippen LogP contribution in [-0.4, -0.2) is 43.9 Å². The third-order valence-electron chi connectivity index (χ3n) is 3.42. The molecule has 1 aromatic rings. The zero-order valence-electron chi connectivity index (χ0n) is 12.7. The van der Waals surface area contributed by atoms with Crippen LogP contribution >= 0.6 is 0 Å². The van der Waals surface area contributed by atoms with Gasteiger partial charge >= 0.3 is 0 Å². The summed E-state index contributed by atoms with van der Waals surface area (Å²) in [5.41, 5.74) is 6.31.